The van der Waals surface area contributed by atoms with Gasteiger partial charge in [-0.1, -0.05) is 6.07 Å². The Kier molecular flexibility index (Phi) is 3.80. The number of nitrogens with zero attached hydrogens (tertiary/aromatic N) is 3. The Bertz CT molecular complexity index is 582. The molecule has 0 amide bonds. The van der Waals surface area contributed by atoms with Crippen molar-refractivity contribution in [2.75, 3.05) is 12.4 Å². The van der Waals surface area contributed by atoms with E-state index >= 15 is 0 Å². The van der Waals surface area contributed by atoms with Crippen LogP contribution in [-0.2, 0) is 6.54 Å². The van der Waals surface area contributed by atoms with Gasteiger partial charge in [-0.05, 0) is 34.2 Å². The van der Waals surface area contributed by atoms with Crippen molar-refractivity contribution >= 4 is 34.0 Å². The van der Waals surface area contributed by atoms with Gasteiger partial charge in [0, 0.05) is 19.3 Å². The van der Waals surface area contributed by atoms with Gasteiger partial charge in [0.05, 0.1) is 21.2 Å². The van der Waals surface area contributed by atoms with Crippen molar-refractivity contribution in [1.29, 1.82) is 0 Å². The quantitative estimate of drug-likeness (QED) is 0.518. The highest BCUT2D eigenvalue weighted by atomic mass is 127. The van der Waals surface area contributed by atoms with E-state index in [2.05, 4.69) is 33.0 Å². The zero-order valence-corrected chi connectivity index (χ0v) is 11.8. The molecule has 0 atom stereocenters. The van der Waals surface area contributed by atoms with Crippen molar-refractivity contribution in [2.24, 2.45) is 0 Å². The summed E-state index contributed by atoms with van der Waals surface area (Å²) >= 11 is 2.17. The highest BCUT2D eigenvalue weighted by Gasteiger charge is 2.13. The molecule has 1 aromatic heterocycles. The summed E-state index contributed by atoms with van der Waals surface area (Å²) in [6, 6.07) is 5.13. The minimum atomic E-state index is -0.387. The SMILES string of the molecule is CNc1ccc(Cn2cc(I)cn2)cc1[N+](=O)[O-]. The average molecular weight is 358 g/mol. The molecule has 0 aliphatic carbocycles. The van der Waals surface area contributed by atoms with Crippen LogP contribution in [0.2, 0.25) is 0 Å². The molecule has 18 heavy (non-hydrogen) atoms. The number of aromatic nitrogens is 2. The van der Waals surface area contributed by atoms with Crippen LogP contribution in [0, 0.1) is 13.7 Å². The second-order valence-corrected chi connectivity index (χ2v) is 4.96. The second kappa shape index (κ2) is 5.34. The fourth-order valence-electron chi connectivity index (χ4n) is 1.65. The topological polar surface area (TPSA) is 73.0 Å². The summed E-state index contributed by atoms with van der Waals surface area (Å²) in [5, 5.41) is 17.9. The van der Waals surface area contributed by atoms with Crippen molar-refractivity contribution in [3.63, 3.8) is 0 Å². The first kappa shape index (κ1) is 12.8. The van der Waals surface area contributed by atoms with Crippen molar-refractivity contribution in [1.82, 2.24) is 9.78 Å². The van der Waals surface area contributed by atoms with Gasteiger partial charge in [0.1, 0.15) is 5.69 Å². The van der Waals surface area contributed by atoms with Crippen LogP contribution in [0.4, 0.5) is 11.4 Å². The molecule has 0 unspecified atom stereocenters. The van der Waals surface area contributed by atoms with E-state index in [9.17, 15) is 10.1 Å². The standard InChI is InChI=1S/C11H11IN4O2/c1-13-10-3-2-8(4-11(10)16(17)18)6-15-7-9(12)5-14-15/h2-5,7,13H,6H2,1H3. The monoisotopic (exact) mass is 358 g/mol. The molecule has 0 saturated heterocycles. The molecule has 1 N–H and O–H groups in total. The Morgan fingerprint density at radius 3 is 2.89 bits per heavy atom. The summed E-state index contributed by atoms with van der Waals surface area (Å²) in [6.07, 6.45) is 3.63. The number of hydrogen-bond donors (Lipinski definition) is 1. The molecule has 0 saturated carbocycles. The van der Waals surface area contributed by atoms with Crippen molar-refractivity contribution < 1.29 is 4.92 Å². The van der Waals surface area contributed by atoms with Crippen LogP contribution < -0.4 is 5.32 Å². The van der Waals surface area contributed by atoms with Crippen LogP contribution in [0.15, 0.2) is 30.6 Å². The van der Waals surface area contributed by atoms with Crippen molar-refractivity contribution in [3.8, 4) is 0 Å². The number of nitrogens with one attached hydrogen (secondary N) is 1. The fourth-order valence-corrected chi connectivity index (χ4v) is 2.10. The Balaban J connectivity index is 2.29. The van der Waals surface area contributed by atoms with Crippen LogP contribution in [0.1, 0.15) is 5.56 Å². The number of nitro benzene ring substituents is 1. The van der Waals surface area contributed by atoms with E-state index in [1.165, 1.54) is 0 Å². The van der Waals surface area contributed by atoms with E-state index in [0.29, 0.717) is 12.2 Å². The van der Waals surface area contributed by atoms with Gasteiger partial charge in [0.15, 0.2) is 0 Å². The molecule has 0 aliphatic rings. The lowest BCUT2D eigenvalue weighted by Gasteiger charge is -2.05. The number of hydrogen-bond acceptors (Lipinski definition) is 4. The summed E-state index contributed by atoms with van der Waals surface area (Å²) in [5.74, 6) is 0. The molecule has 0 bridgehead atoms. The molecule has 1 aromatic carbocycles. The van der Waals surface area contributed by atoms with E-state index in [1.807, 2.05) is 12.3 Å². The zero-order chi connectivity index (χ0) is 13.1. The van der Waals surface area contributed by atoms with E-state index in [1.54, 1.807) is 30.1 Å². The van der Waals surface area contributed by atoms with Crippen LogP contribution >= 0.6 is 22.6 Å². The van der Waals surface area contributed by atoms with Crippen LogP contribution in [-0.4, -0.2) is 21.8 Å². The van der Waals surface area contributed by atoms with Gasteiger partial charge in [0.2, 0.25) is 0 Å². The lowest BCUT2D eigenvalue weighted by Crippen LogP contribution is -2.02. The molecule has 0 spiro atoms. The maximum atomic E-state index is 10.9. The highest BCUT2D eigenvalue weighted by molar-refractivity contribution is 14.1. The maximum absolute atomic E-state index is 10.9. The van der Waals surface area contributed by atoms with E-state index in [4.69, 9.17) is 0 Å². The van der Waals surface area contributed by atoms with Gasteiger partial charge in [-0.2, -0.15) is 5.10 Å². The van der Waals surface area contributed by atoms with E-state index < -0.39 is 0 Å². The van der Waals surface area contributed by atoms with E-state index in [-0.39, 0.29) is 10.6 Å². The van der Waals surface area contributed by atoms with Gasteiger partial charge < -0.3 is 5.32 Å². The van der Waals surface area contributed by atoms with E-state index in [0.717, 1.165) is 9.13 Å². The zero-order valence-electron chi connectivity index (χ0n) is 9.63. The van der Waals surface area contributed by atoms with Gasteiger partial charge in [-0.25, -0.2) is 0 Å². The molecular formula is C11H11IN4O2. The molecule has 6 nitrogen and oxygen atoms in total. The third kappa shape index (κ3) is 2.78. The third-order valence-electron chi connectivity index (χ3n) is 2.47. The summed E-state index contributed by atoms with van der Waals surface area (Å²) in [4.78, 5) is 10.5. The van der Waals surface area contributed by atoms with Crippen LogP contribution in [0.5, 0.6) is 0 Å². The van der Waals surface area contributed by atoms with Crippen LogP contribution in [0.3, 0.4) is 0 Å². The normalized spacial score (nSPS) is 10.3. The number of anilines is 1. The lowest BCUT2D eigenvalue weighted by atomic mass is 10.1. The Hall–Kier alpha value is -1.64. The van der Waals surface area contributed by atoms with Crippen LogP contribution in [0.25, 0.3) is 0 Å². The molecule has 2 rings (SSSR count). The lowest BCUT2D eigenvalue weighted by molar-refractivity contribution is -0.384. The molecule has 0 aliphatic heterocycles. The summed E-state index contributed by atoms with van der Waals surface area (Å²) in [5.41, 5.74) is 1.44. The number of halogens is 1. The smallest absolute Gasteiger partial charge is 0.292 e. The first-order valence-electron chi connectivity index (χ1n) is 5.23. The molecule has 2 aromatic rings. The predicted molar refractivity (Wildman–Crippen MR) is 76.7 cm³/mol. The fraction of sp³-hybridized carbons (Fsp3) is 0.182. The molecular weight excluding hydrogens is 347 g/mol. The molecule has 94 valence electrons. The number of nitro groups is 1. The maximum Gasteiger partial charge on any atom is 0.292 e. The van der Waals surface area contributed by atoms with Crippen molar-refractivity contribution in [3.05, 3.63) is 49.8 Å². The second-order valence-electron chi connectivity index (χ2n) is 3.71. The highest BCUT2D eigenvalue weighted by Crippen LogP contribution is 2.25. The molecule has 0 fully saturated rings. The number of rotatable bonds is 4. The number of benzene rings is 1. The largest absolute Gasteiger partial charge is 0.383 e. The first-order valence-corrected chi connectivity index (χ1v) is 6.31. The predicted octanol–water partition coefficient (Wildman–Crippen LogP) is 2.49. The minimum absolute atomic E-state index is 0.0804. The first-order chi connectivity index (χ1) is 8.60. The Labute approximate surface area is 117 Å². The van der Waals surface area contributed by atoms with Gasteiger partial charge in [-0.3, -0.25) is 14.8 Å². The summed E-state index contributed by atoms with van der Waals surface area (Å²) in [7, 11) is 1.66. The Morgan fingerprint density at radius 1 is 1.56 bits per heavy atom. The summed E-state index contributed by atoms with van der Waals surface area (Å²) in [6.45, 7) is 0.522. The van der Waals surface area contributed by atoms with Gasteiger partial charge in [-0.15, -0.1) is 0 Å². The molecule has 7 heteroatoms. The molecule has 1 heterocycles. The van der Waals surface area contributed by atoms with Crippen molar-refractivity contribution in [2.45, 2.75) is 6.54 Å². The molecule has 0 radical (unpaired) electrons. The third-order valence-corrected chi connectivity index (χ3v) is 3.03. The van der Waals surface area contributed by atoms with Gasteiger partial charge in [0.25, 0.3) is 5.69 Å². The Morgan fingerprint density at radius 2 is 2.33 bits per heavy atom. The average Bonchev–Trinajstić information content (AvgIpc) is 2.74. The minimum Gasteiger partial charge on any atom is -0.383 e. The summed E-state index contributed by atoms with van der Waals surface area (Å²) < 4.78 is 2.79. The van der Waals surface area contributed by atoms with Gasteiger partial charge >= 0.3 is 0 Å².